The number of alkyl halides is 3. The third kappa shape index (κ3) is 3.15. The summed E-state index contributed by atoms with van der Waals surface area (Å²) < 4.78 is 38.2. The largest absolute Gasteiger partial charge is 0.478 e. The van der Waals surface area contributed by atoms with Crippen LogP contribution in [0.15, 0.2) is 12.3 Å². The molecule has 1 N–H and O–H groups in total. The summed E-state index contributed by atoms with van der Waals surface area (Å²) in [4.78, 5) is 16.3. The molecule has 0 amide bonds. The third-order valence-electron chi connectivity index (χ3n) is 3.28. The van der Waals surface area contributed by atoms with E-state index in [0.29, 0.717) is 13.0 Å². The summed E-state index contributed by atoms with van der Waals surface area (Å²) >= 11 is 5.69. The predicted molar refractivity (Wildman–Crippen MR) is 67.2 cm³/mol. The van der Waals surface area contributed by atoms with Gasteiger partial charge in [0.15, 0.2) is 0 Å². The van der Waals surface area contributed by atoms with Crippen molar-refractivity contribution in [3.8, 4) is 0 Å². The minimum atomic E-state index is -4.25. The molecule has 1 aliphatic rings. The summed E-state index contributed by atoms with van der Waals surface area (Å²) in [6.07, 6.45) is -2.63. The van der Waals surface area contributed by atoms with Gasteiger partial charge in [0, 0.05) is 19.3 Å². The van der Waals surface area contributed by atoms with Crippen LogP contribution < -0.4 is 4.90 Å². The van der Waals surface area contributed by atoms with Crippen molar-refractivity contribution >= 4 is 23.4 Å². The molecule has 1 saturated heterocycles. The number of anilines is 1. The van der Waals surface area contributed by atoms with E-state index in [0.717, 1.165) is 6.20 Å². The van der Waals surface area contributed by atoms with Gasteiger partial charge in [-0.25, -0.2) is 9.78 Å². The molecule has 20 heavy (non-hydrogen) atoms. The predicted octanol–water partition coefficient (Wildman–Crippen LogP) is 3.21. The highest BCUT2D eigenvalue weighted by atomic mass is 35.5. The van der Waals surface area contributed by atoms with Gasteiger partial charge in [-0.3, -0.25) is 0 Å². The summed E-state index contributed by atoms with van der Waals surface area (Å²) in [6, 6.07) is 1.21. The number of nitrogens with zero attached hydrogens (tertiary/aromatic N) is 2. The number of halogens is 4. The highest BCUT2D eigenvalue weighted by molar-refractivity contribution is 6.33. The van der Waals surface area contributed by atoms with Crippen molar-refractivity contribution in [2.24, 2.45) is 5.92 Å². The maximum atomic E-state index is 12.7. The van der Waals surface area contributed by atoms with Gasteiger partial charge in [-0.1, -0.05) is 11.6 Å². The molecule has 4 nitrogen and oxygen atoms in total. The van der Waals surface area contributed by atoms with E-state index in [2.05, 4.69) is 4.98 Å². The average Bonchev–Trinajstić information content (AvgIpc) is 2.38. The third-order valence-corrected chi connectivity index (χ3v) is 3.58. The maximum Gasteiger partial charge on any atom is 0.393 e. The molecular formula is C12H12ClF3N2O2. The Hall–Kier alpha value is -1.50. The molecule has 0 spiro atoms. The van der Waals surface area contributed by atoms with Crippen molar-refractivity contribution in [3.05, 3.63) is 22.8 Å². The molecule has 2 rings (SSSR count). The second-order valence-corrected chi connectivity index (χ2v) is 5.06. The second kappa shape index (κ2) is 5.47. The molecule has 1 unspecified atom stereocenters. The molecule has 1 fully saturated rings. The van der Waals surface area contributed by atoms with E-state index in [9.17, 15) is 18.0 Å². The van der Waals surface area contributed by atoms with E-state index >= 15 is 0 Å². The second-order valence-electron chi connectivity index (χ2n) is 4.65. The lowest BCUT2D eigenvalue weighted by Crippen LogP contribution is -2.42. The Balaban J connectivity index is 2.23. The smallest absolute Gasteiger partial charge is 0.393 e. The molecule has 1 aromatic rings. The standard InChI is InChI=1S/C12H12ClF3N2O2/c13-9-5-17-10(4-8(9)11(19)20)18-3-1-2-7(6-18)12(14,15)16/h4-5,7H,1-3,6H2,(H,19,20). The number of pyridine rings is 1. The minimum Gasteiger partial charge on any atom is -0.478 e. The van der Waals surface area contributed by atoms with Crippen LogP contribution in [0.4, 0.5) is 19.0 Å². The lowest BCUT2D eigenvalue weighted by atomic mass is 9.97. The van der Waals surface area contributed by atoms with Gasteiger partial charge in [0.05, 0.1) is 16.5 Å². The minimum absolute atomic E-state index is 0.0365. The maximum absolute atomic E-state index is 12.7. The van der Waals surface area contributed by atoms with E-state index in [1.54, 1.807) is 0 Å². The molecule has 110 valence electrons. The zero-order valence-electron chi connectivity index (χ0n) is 10.3. The zero-order chi connectivity index (χ0) is 14.9. The number of aromatic carboxylic acids is 1. The summed E-state index contributed by atoms with van der Waals surface area (Å²) in [5.41, 5.74) is -0.161. The zero-order valence-corrected chi connectivity index (χ0v) is 11.1. The molecule has 0 aliphatic carbocycles. The van der Waals surface area contributed by atoms with Crippen LogP contribution in [0.25, 0.3) is 0 Å². The van der Waals surface area contributed by atoms with Crippen LogP contribution in [0, 0.1) is 5.92 Å². The normalized spacial score (nSPS) is 20.0. The molecule has 1 aromatic heterocycles. The number of rotatable bonds is 2. The molecule has 0 bridgehead atoms. The SMILES string of the molecule is O=C(O)c1cc(N2CCCC(C(F)(F)F)C2)ncc1Cl. The fraction of sp³-hybridized carbons (Fsp3) is 0.500. The monoisotopic (exact) mass is 308 g/mol. The Morgan fingerprint density at radius 1 is 1.50 bits per heavy atom. The van der Waals surface area contributed by atoms with Crippen LogP contribution in [0.2, 0.25) is 5.02 Å². The van der Waals surface area contributed by atoms with Crippen molar-refractivity contribution in [2.45, 2.75) is 19.0 Å². The topological polar surface area (TPSA) is 53.4 Å². The van der Waals surface area contributed by atoms with E-state index in [-0.39, 0.29) is 29.4 Å². The first kappa shape index (κ1) is 14.9. The fourth-order valence-corrected chi connectivity index (χ4v) is 2.40. The van der Waals surface area contributed by atoms with Gasteiger partial charge in [-0.2, -0.15) is 13.2 Å². The first-order valence-corrected chi connectivity index (χ1v) is 6.37. The summed E-state index contributed by atoms with van der Waals surface area (Å²) in [5.74, 6) is -2.44. The van der Waals surface area contributed by atoms with E-state index in [1.807, 2.05) is 0 Å². The van der Waals surface area contributed by atoms with Crippen LogP contribution >= 0.6 is 11.6 Å². The Bertz CT molecular complexity index is 522. The highest BCUT2D eigenvalue weighted by Gasteiger charge is 2.42. The molecular weight excluding hydrogens is 297 g/mol. The summed E-state index contributed by atoms with van der Waals surface area (Å²) in [5, 5.41) is 8.92. The van der Waals surface area contributed by atoms with Crippen LogP contribution in [0.3, 0.4) is 0 Å². The lowest BCUT2D eigenvalue weighted by Gasteiger charge is -2.34. The highest BCUT2D eigenvalue weighted by Crippen LogP contribution is 2.34. The van der Waals surface area contributed by atoms with Crippen LogP contribution in [0.1, 0.15) is 23.2 Å². The van der Waals surface area contributed by atoms with Gasteiger partial charge in [0.1, 0.15) is 5.82 Å². The van der Waals surface area contributed by atoms with Crippen molar-refractivity contribution < 1.29 is 23.1 Å². The molecule has 0 aromatic carbocycles. The Kier molecular flexibility index (Phi) is 4.08. The average molecular weight is 309 g/mol. The number of carbonyl (C=O) groups is 1. The lowest BCUT2D eigenvalue weighted by molar-refractivity contribution is -0.176. The first-order valence-electron chi connectivity index (χ1n) is 5.99. The van der Waals surface area contributed by atoms with Crippen molar-refractivity contribution in [3.63, 3.8) is 0 Å². The number of hydrogen-bond acceptors (Lipinski definition) is 3. The first-order chi connectivity index (χ1) is 9.29. The Labute approximate surface area is 118 Å². The quantitative estimate of drug-likeness (QED) is 0.911. The van der Waals surface area contributed by atoms with Crippen molar-refractivity contribution in [2.75, 3.05) is 18.0 Å². The van der Waals surface area contributed by atoms with Gasteiger partial charge >= 0.3 is 12.1 Å². The van der Waals surface area contributed by atoms with Gasteiger partial charge in [-0.05, 0) is 18.9 Å². The van der Waals surface area contributed by atoms with Gasteiger partial charge in [-0.15, -0.1) is 0 Å². The summed E-state index contributed by atoms with van der Waals surface area (Å²) in [6.45, 7) is 0.206. The Morgan fingerprint density at radius 3 is 2.80 bits per heavy atom. The molecule has 1 atom stereocenters. The molecule has 8 heteroatoms. The van der Waals surface area contributed by atoms with Gasteiger partial charge in [0.2, 0.25) is 0 Å². The molecule has 2 heterocycles. The number of piperidine rings is 1. The van der Waals surface area contributed by atoms with Gasteiger partial charge in [0.25, 0.3) is 0 Å². The van der Waals surface area contributed by atoms with Gasteiger partial charge < -0.3 is 10.0 Å². The van der Waals surface area contributed by atoms with Crippen molar-refractivity contribution in [1.29, 1.82) is 0 Å². The molecule has 0 radical (unpaired) electrons. The fourth-order valence-electron chi connectivity index (χ4n) is 2.22. The Morgan fingerprint density at radius 2 is 2.20 bits per heavy atom. The van der Waals surface area contributed by atoms with Crippen LogP contribution in [-0.2, 0) is 0 Å². The summed E-state index contributed by atoms with van der Waals surface area (Å²) in [7, 11) is 0. The number of carboxylic acid groups (broad SMARTS) is 1. The van der Waals surface area contributed by atoms with E-state index in [1.165, 1.54) is 11.0 Å². The van der Waals surface area contributed by atoms with Crippen LogP contribution in [0.5, 0.6) is 0 Å². The van der Waals surface area contributed by atoms with Crippen molar-refractivity contribution in [1.82, 2.24) is 4.98 Å². The molecule has 1 aliphatic heterocycles. The molecule has 0 saturated carbocycles. The van der Waals surface area contributed by atoms with E-state index < -0.39 is 18.1 Å². The number of hydrogen-bond donors (Lipinski definition) is 1. The van der Waals surface area contributed by atoms with E-state index in [4.69, 9.17) is 16.7 Å². The number of carboxylic acids is 1. The van der Waals surface area contributed by atoms with Crippen LogP contribution in [-0.4, -0.2) is 35.3 Å². The number of aromatic nitrogens is 1.